The molecular weight excluding hydrogens is 397 g/mol. The molecule has 5 rings (SSSR count). The average molecular weight is 424 g/mol. The maximum absolute atomic E-state index is 14.2. The molecule has 0 unspecified atom stereocenters. The number of likely N-dealkylation sites (N-methyl/N-ethyl adjacent to an activating group) is 1. The Balaban J connectivity index is 1.55. The second-order valence-corrected chi connectivity index (χ2v) is 8.49. The molecule has 162 valence electrons. The summed E-state index contributed by atoms with van der Waals surface area (Å²) in [5.74, 6) is 1.56. The van der Waals surface area contributed by atoms with Crippen molar-refractivity contribution in [2.45, 2.75) is 39.0 Å². The molecule has 0 spiro atoms. The number of fused-ring (bicyclic) bond motifs is 2. The molecule has 0 amide bonds. The summed E-state index contributed by atoms with van der Waals surface area (Å²) in [6.45, 7) is 7.19. The number of imidazole rings is 1. The number of nitrogens with zero attached hydrogens (tertiary/aromatic N) is 7. The number of pyridine rings is 1. The van der Waals surface area contributed by atoms with E-state index in [0.717, 1.165) is 28.2 Å². The third-order valence-corrected chi connectivity index (χ3v) is 5.79. The number of likely N-dealkylation sites (tertiary alicyclic amines) is 1. The van der Waals surface area contributed by atoms with E-state index >= 15 is 0 Å². The first kappa shape index (κ1) is 19.7. The SMILES string of the molecule is Cc1nc2ccc(-c3ccn4nc(N[C@@H]5CN(C)C[C@@H]5F)nc(N)c34)nc2n1C(C)C. The molecule has 0 bridgehead atoms. The first-order valence-corrected chi connectivity index (χ1v) is 10.4. The molecular formula is C21H26FN9. The highest BCUT2D eigenvalue weighted by molar-refractivity contribution is 5.88. The number of alkyl halides is 1. The Bertz CT molecular complexity index is 1280. The number of aryl methyl sites for hydroxylation is 1. The highest BCUT2D eigenvalue weighted by Gasteiger charge is 2.31. The van der Waals surface area contributed by atoms with Crippen LogP contribution in [0.2, 0.25) is 0 Å². The molecule has 1 fully saturated rings. The van der Waals surface area contributed by atoms with Crippen LogP contribution in [0.15, 0.2) is 24.4 Å². The summed E-state index contributed by atoms with van der Waals surface area (Å²) in [7, 11) is 1.89. The largest absolute Gasteiger partial charge is 0.382 e. The second-order valence-electron chi connectivity index (χ2n) is 8.49. The van der Waals surface area contributed by atoms with Gasteiger partial charge in [0.05, 0.1) is 11.7 Å². The number of hydrogen-bond donors (Lipinski definition) is 2. The van der Waals surface area contributed by atoms with Gasteiger partial charge in [-0.3, -0.25) is 0 Å². The van der Waals surface area contributed by atoms with Crippen LogP contribution in [0.5, 0.6) is 0 Å². The number of nitrogens with two attached hydrogens (primary N) is 1. The summed E-state index contributed by atoms with van der Waals surface area (Å²) < 4.78 is 18.0. The highest BCUT2D eigenvalue weighted by Crippen LogP contribution is 2.30. The fourth-order valence-corrected chi connectivity index (χ4v) is 4.43. The van der Waals surface area contributed by atoms with Gasteiger partial charge in [0, 0.05) is 30.9 Å². The summed E-state index contributed by atoms with van der Waals surface area (Å²) in [6, 6.07) is 5.71. The second kappa shape index (κ2) is 7.16. The van der Waals surface area contributed by atoms with Crippen LogP contribution in [0.4, 0.5) is 16.2 Å². The Labute approximate surface area is 179 Å². The predicted molar refractivity (Wildman–Crippen MR) is 119 cm³/mol. The number of nitrogens with one attached hydrogen (secondary N) is 1. The first-order chi connectivity index (χ1) is 14.8. The van der Waals surface area contributed by atoms with Gasteiger partial charge in [-0.2, -0.15) is 4.98 Å². The summed E-state index contributed by atoms with van der Waals surface area (Å²) in [6.07, 6.45) is 0.842. The van der Waals surface area contributed by atoms with Crippen LogP contribution < -0.4 is 11.1 Å². The standard InChI is InChI=1S/C21H26FN9/c1-11(2)31-12(3)24-16-6-5-15(25-20(16)31)13-7-8-30-18(13)19(23)27-21(28-30)26-17-10-29(4)9-14(17)22/h5-8,11,14,17H,9-10H2,1-4H3,(H3,23,26,27,28)/t14-,17+/m0/s1. The molecule has 0 aliphatic carbocycles. The van der Waals surface area contributed by atoms with Crippen LogP contribution >= 0.6 is 0 Å². The van der Waals surface area contributed by atoms with Crippen LogP contribution in [0.3, 0.4) is 0 Å². The molecule has 1 saturated heterocycles. The molecule has 9 nitrogen and oxygen atoms in total. The van der Waals surface area contributed by atoms with E-state index < -0.39 is 6.17 Å². The lowest BCUT2D eigenvalue weighted by Crippen LogP contribution is -2.30. The quantitative estimate of drug-likeness (QED) is 0.520. The summed E-state index contributed by atoms with van der Waals surface area (Å²) in [4.78, 5) is 15.8. The van der Waals surface area contributed by atoms with Crippen molar-refractivity contribution >= 4 is 28.4 Å². The molecule has 0 aromatic carbocycles. The summed E-state index contributed by atoms with van der Waals surface area (Å²) >= 11 is 0. The fraction of sp³-hybridized carbons (Fsp3) is 0.429. The van der Waals surface area contributed by atoms with E-state index in [9.17, 15) is 4.39 Å². The predicted octanol–water partition coefficient (Wildman–Crippen LogP) is 2.68. The maximum Gasteiger partial charge on any atom is 0.243 e. The first-order valence-electron chi connectivity index (χ1n) is 10.4. The van der Waals surface area contributed by atoms with E-state index in [1.807, 2.05) is 43.3 Å². The Kier molecular flexibility index (Phi) is 4.54. The Morgan fingerprint density at radius 2 is 1.97 bits per heavy atom. The summed E-state index contributed by atoms with van der Waals surface area (Å²) in [5, 5.41) is 7.58. The topological polar surface area (TPSA) is 102 Å². The number of nitrogen functional groups attached to an aromatic ring is 1. The Morgan fingerprint density at radius 1 is 1.16 bits per heavy atom. The van der Waals surface area contributed by atoms with E-state index in [1.165, 1.54) is 0 Å². The van der Waals surface area contributed by atoms with Crippen LogP contribution in [-0.2, 0) is 0 Å². The van der Waals surface area contributed by atoms with Gasteiger partial charge in [-0.15, -0.1) is 5.10 Å². The molecule has 5 heterocycles. The van der Waals surface area contributed by atoms with E-state index in [2.05, 4.69) is 38.8 Å². The van der Waals surface area contributed by atoms with Crippen molar-refractivity contribution in [3.8, 4) is 11.3 Å². The zero-order valence-electron chi connectivity index (χ0n) is 18.0. The minimum Gasteiger partial charge on any atom is -0.382 e. The molecule has 4 aromatic rings. The van der Waals surface area contributed by atoms with Gasteiger partial charge in [-0.05, 0) is 46.0 Å². The third-order valence-electron chi connectivity index (χ3n) is 5.79. The van der Waals surface area contributed by atoms with Gasteiger partial charge in [0.15, 0.2) is 11.5 Å². The minimum absolute atomic E-state index is 0.245. The molecule has 0 saturated carbocycles. The summed E-state index contributed by atoms with van der Waals surface area (Å²) in [5.41, 5.74) is 10.3. The molecule has 2 atom stereocenters. The minimum atomic E-state index is -0.976. The monoisotopic (exact) mass is 423 g/mol. The molecule has 0 radical (unpaired) electrons. The number of rotatable bonds is 4. The lowest BCUT2D eigenvalue weighted by molar-refractivity contribution is 0.314. The van der Waals surface area contributed by atoms with Crippen LogP contribution in [-0.4, -0.2) is 66.4 Å². The Hall–Kier alpha value is -3.27. The van der Waals surface area contributed by atoms with Gasteiger partial charge in [0.1, 0.15) is 23.0 Å². The lowest BCUT2D eigenvalue weighted by atomic mass is 10.2. The van der Waals surface area contributed by atoms with Crippen LogP contribution in [0, 0.1) is 6.92 Å². The average Bonchev–Trinajstić information content (AvgIpc) is 3.35. The molecule has 4 aromatic heterocycles. The van der Waals surface area contributed by atoms with Gasteiger partial charge in [-0.1, -0.05) is 0 Å². The molecule has 10 heteroatoms. The van der Waals surface area contributed by atoms with Crippen molar-refractivity contribution in [2.24, 2.45) is 0 Å². The van der Waals surface area contributed by atoms with Crippen molar-refractivity contribution < 1.29 is 4.39 Å². The van der Waals surface area contributed by atoms with Crippen molar-refractivity contribution in [3.05, 3.63) is 30.2 Å². The van der Waals surface area contributed by atoms with Crippen molar-refractivity contribution in [1.29, 1.82) is 0 Å². The van der Waals surface area contributed by atoms with Crippen LogP contribution in [0.25, 0.3) is 27.9 Å². The molecule has 1 aliphatic heterocycles. The number of anilines is 2. The zero-order chi connectivity index (χ0) is 21.9. The van der Waals surface area contributed by atoms with Gasteiger partial charge in [0.25, 0.3) is 0 Å². The van der Waals surface area contributed by atoms with Gasteiger partial charge in [0.2, 0.25) is 5.95 Å². The normalized spacial score (nSPS) is 19.8. The van der Waals surface area contributed by atoms with Gasteiger partial charge < -0.3 is 20.5 Å². The Morgan fingerprint density at radius 3 is 2.68 bits per heavy atom. The zero-order valence-corrected chi connectivity index (χ0v) is 18.0. The lowest BCUT2D eigenvalue weighted by Gasteiger charge is -2.15. The van der Waals surface area contributed by atoms with Crippen molar-refractivity contribution in [2.75, 3.05) is 31.2 Å². The van der Waals surface area contributed by atoms with Gasteiger partial charge in [-0.25, -0.2) is 18.9 Å². The number of halogens is 1. The number of aromatic nitrogens is 6. The molecule has 3 N–H and O–H groups in total. The number of hydrogen-bond acceptors (Lipinski definition) is 7. The maximum atomic E-state index is 14.2. The smallest absolute Gasteiger partial charge is 0.243 e. The van der Waals surface area contributed by atoms with E-state index in [1.54, 1.807) is 4.52 Å². The fourth-order valence-electron chi connectivity index (χ4n) is 4.43. The highest BCUT2D eigenvalue weighted by atomic mass is 19.1. The molecule has 1 aliphatic rings. The van der Waals surface area contributed by atoms with E-state index in [0.29, 0.717) is 30.4 Å². The van der Waals surface area contributed by atoms with E-state index in [4.69, 9.17) is 10.7 Å². The van der Waals surface area contributed by atoms with Crippen LogP contribution in [0.1, 0.15) is 25.7 Å². The third kappa shape index (κ3) is 3.27. The van der Waals surface area contributed by atoms with Crippen molar-refractivity contribution in [1.82, 2.24) is 34.0 Å². The van der Waals surface area contributed by atoms with Crippen molar-refractivity contribution in [3.63, 3.8) is 0 Å². The van der Waals surface area contributed by atoms with E-state index in [-0.39, 0.29) is 12.1 Å². The van der Waals surface area contributed by atoms with Gasteiger partial charge >= 0.3 is 0 Å². The molecule has 31 heavy (non-hydrogen) atoms.